The molecular weight excluding hydrogens is 651 g/mol. The van der Waals surface area contributed by atoms with E-state index in [2.05, 4.69) is 189 Å². The van der Waals surface area contributed by atoms with E-state index in [0.29, 0.717) is 17.7 Å². The molecule has 53 heavy (non-hydrogen) atoms. The highest BCUT2D eigenvalue weighted by molar-refractivity contribution is 6.10. The first-order valence-electron chi connectivity index (χ1n) is 17.7. The van der Waals surface area contributed by atoms with Gasteiger partial charge in [-0.15, -0.1) is 0 Å². The summed E-state index contributed by atoms with van der Waals surface area (Å²) < 4.78 is 6.61. The van der Waals surface area contributed by atoms with E-state index in [0.717, 1.165) is 77.3 Å². The number of H-pyrrole nitrogens is 1. The van der Waals surface area contributed by atoms with Crippen molar-refractivity contribution in [2.75, 3.05) is 0 Å². The van der Waals surface area contributed by atoms with Crippen LogP contribution < -0.4 is 4.57 Å². The topological polar surface area (TPSA) is 68.2 Å². The number of nitrogens with zero attached hydrogens (tertiary/aromatic N) is 6. The third kappa shape index (κ3) is 4.47. The summed E-state index contributed by atoms with van der Waals surface area (Å²) >= 11 is 0. The Balaban J connectivity index is 1.24. The Hall–Kier alpha value is -7.38. The Bertz CT molecular complexity index is 2950. The number of aromatic nitrogens is 7. The molecule has 0 bridgehead atoms. The van der Waals surface area contributed by atoms with Gasteiger partial charge < -0.3 is 0 Å². The molecule has 248 valence electrons. The van der Waals surface area contributed by atoms with Crippen molar-refractivity contribution in [2.24, 2.45) is 0 Å². The minimum atomic E-state index is 0.548. The summed E-state index contributed by atoms with van der Waals surface area (Å²) in [4.78, 5) is 19.8. The van der Waals surface area contributed by atoms with Gasteiger partial charge in [0.05, 0.1) is 27.6 Å². The number of aromatic amines is 1. The second-order valence-corrected chi connectivity index (χ2v) is 13.2. The lowest BCUT2D eigenvalue weighted by molar-refractivity contribution is -0.554. The monoisotopic (exact) mass is 680 g/mol. The number of benzene rings is 7. The van der Waals surface area contributed by atoms with Crippen LogP contribution in [0.3, 0.4) is 0 Å². The molecule has 0 unspecified atom stereocenters. The number of fused-ring (bicyclic) bond motifs is 7. The Morgan fingerprint density at radius 1 is 0.396 bits per heavy atom. The molecule has 0 saturated heterocycles. The van der Waals surface area contributed by atoms with Crippen LogP contribution in [0.1, 0.15) is 0 Å². The largest absolute Gasteiger partial charge is 0.293 e. The van der Waals surface area contributed by atoms with Gasteiger partial charge in [0.1, 0.15) is 5.69 Å². The molecule has 0 aliphatic carbocycles. The van der Waals surface area contributed by atoms with Gasteiger partial charge in [0, 0.05) is 27.1 Å². The van der Waals surface area contributed by atoms with E-state index in [4.69, 9.17) is 15.0 Å². The van der Waals surface area contributed by atoms with Crippen LogP contribution in [0, 0.1) is 0 Å². The van der Waals surface area contributed by atoms with Crippen molar-refractivity contribution in [1.29, 1.82) is 0 Å². The number of hydrogen-bond donors (Lipinski definition) is 1. The summed E-state index contributed by atoms with van der Waals surface area (Å²) in [5.74, 6) is 2.60. The van der Waals surface area contributed by atoms with Gasteiger partial charge >= 0.3 is 0 Å². The van der Waals surface area contributed by atoms with Gasteiger partial charge in [-0.05, 0) is 54.6 Å². The van der Waals surface area contributed by atoms with Crippen molar-refractivity contribution < 1.29 is 4.57 Å². The summed E-state index contributed by atoms with van der Waals surface area (Å²) in [5.41, 5.74) is 9.16. The summed E-state index contributed by atoms with van der Waals surface area (Å²) in [6, 6.07) is 61.1. The smallest absolute Gasteiger partial charge is 0.278 e. The molecule has 0 fully saturated rings. The van der Waals surface area contributed by atoms with Crippen LogP contribution in [0.5, 0.6) is 0 Å². The number of hydrogen-bond acceptors (Lipinski definition) is 3. The zero-order valence-electron chi connectivity index (χ0n) is 28.4. The highest BCUT2D eigenvalue weighted by Crippen LogP contribution is 2.36. The predicted octanol–water partition coefficient (Wildman–Crippen LogP) is 10.2. The standard InChI is InChI=1S/C46H29N7/c1-2-16-30(17-3-1)51-42-29-15-10-24-37(42)47-44(51)36-23-5-4-22-35(36)43-48-45(52-38-25-11-6-18-31(38)32-19-7-12-26-39(32)52)50-46(49-43)53-40-27-13-8-20-33(40)34-21-9-14-28-41(34)53/h1-29H/p+1. The van der Waals surface area contributed by atoms with Crippen LogP contribution in [-0.2, 0) is 0 Å². The zero-order valence-corrected chi connectivity index (χ0v) is 28.4. The maximum Gasteiger partial charge on any atom is 0.293 e. The summed E-state index contributed by atoms with van der Waals surface area (Å²) in [7, 11) is 0. The van der Waals surface area contributed by atoms with Gasteiger partial charge in [0.25, 0.3) is 5.82 Å². The number of imidazole rings is 1. The second kappa shape index (κ2) is 11.6. The second-order valence-electron chi connectivity index (χ2n) is 13.2. The van der Waals surface area contributed by atoms with Crippen molar-refractivity contribution in [1.82, 2.24) is 29.1 Å². The van der Waals surface area contributed by atoms with Crippen LogP contribution in [0.2, 0.25) is 0 Å². The predicted molar refractivity (Wildman–Crippen MR) is 213 cm³/mol. The van der Waals surface area contributed by atoms with Crippen molar-refractivity contribution in [2.45, 2.75) is 0 Å². The fourth-order valence-electron chi connectivity index (χ4n) is 7.95. The minimum absolute atomic E-state index is 0.548. The normalized spacial score (nSPS) is 11.8. The molecule has 0 amide bonds. The van der Waals surface area contributed by atoms with Crippen LogP contribution in [-0.4, -0.2) is 29.1 Å². The lowest BCUT2D eigenvalue weighted by Crippen LogP contribution is -2.32. The number of para-hydroxylation sites is 7. The SMILES string of the molecule is c1ccc(-[n+]2c(-c3ccccc3-c3nc(-n4c5ccccc5c5ccccc54)nc(-n4c5ccccc5c5ccccc54)n3)[nH]c3ccccc32)cc1. The van der Waals surface area contributed by atoms with Crippen LogP contribution in [0.4, 0.5) is 0 Å². The molecule has 1 N–H and O–H groups in total. The lowest BCUT2D eigenvalue weighted by atomic mass is 10.1. The van der Waals surface area contributed by atoms with E-state index in [1.54, 1.807) is 0 Å². The molecule has 11 rings (SSSR count). The third-order valence-corrected chi connectivity index (χ3v) is 10.2. The Kier molecular flexibility index (Phi) is 6.42. The van der Waals surface area contributed by atoms with Gasteiger partial charge in [-0.25, -0.2) is 4.98 Å². The van der Waals surface area contributed by atoms with Gasteiger partial charge in [0.15, 0.2) is 16.9 Å². The average molecular weight is 681 g/mol. The molecule has 0 aliphatic rings. The first-order valence-corrected chi connectivity index (χ1v) is 17.7. The number of nitrogens with one attached hydrogen (secondary N) is 1. The van der Waals surface area contributed by atoms with Crippen molar-refractivity contribution in [3.63, 3.8) is 0 Å². The van der Waals surface area contributed by atoms with E-state index in [9.17, 15) is 0 Å². The molecule has 0 radical (unpaired) electrons. The Labute approximate surface area is 303 Å². The number of rotatable bonds is 5. The lowest BCUT2D eigenvalue weighted by Gasteiger charge is -2.13. The van der Waals surface area contributed by atoms with Gasteiger partial charge in [-0.1, -0.05) is 121 Å². The van der Waals surface area contributed by atoms with Crippen molar-refractivity contribution in [3.8, 4) is 40.4 Å². The van der Waals surface area contributed by atoms with E-state index in [-0.39, 0.29) is 0 Å². The quantitative estimate of drug-likeness (QED) is 0.184. The molecule has 7 aromatic carbocycles. The zero-order chi connectivity index (χ0) is 34.9. The molecule has 11 aromatic rings. The molecule has 7 nitrogen and oxygen atoms in total. The molecular formula is C46H30N7+. The van der Waals surface area contributed by atoms with E-state index < -0.39 is 0 Å². The minimum Gasteiger partial charge on any atom is -0.278 e. The molecule has 0 atom stereocenters. The maximum absolute atomic E-state index is 5.36. The first-order chi connectivity index (χ1) is 26.3. The Morgan fingerprint density at radius 2 is 0.830 bits per heavy atom. The van der Waals surface area contributed by atoms with E-state index >= 15 is 0 Å². The van der Waals surface area contributed by atoms with Crippen LogP contribution in [0.15, 0.2) is 176 Å². The van der Waals surface area contributed by atoms with Gasteiger partial charge in [-0.3, -0.25) is 9.13 Å². The summed E-state index contributed by atoms with van der Waals surface area (Å²) in [5, 5.41) is 4.58. The molecule has 0 aliphatic heterocycles. The van der Waals surface area contributed by atoms with Crippen LogP contribution >= 0.6 is 0 Å². The third-order valence-electron chi connectivity index (χ3n) is 10.2. The molecule has 0 spiro atoms. The summed E-state index contributed by atoms with van der Waals surface area (Å²) in [6.45, 7) is 0. The van der Waals surface area contributed by atoms with Crippen molar-refractivity contribution in [3.05, 3.63) is 176 Å². The van der Waals surface area contributed by atoms with E-state index in [1.165, 1.54) is 0 Å². The van der Waals surface area contributed by atoms with Gasteiger partial charge in [-0.2, -0.15) is 19.5 Å². The maximum atomic E-state index is 5.36. The molecule has 0 saturated carbocycles. The molecule has 4 heterocycles. The highest BCUT2D eigenvalue weighted by Gasteiger charge is 2.27. The van der Waals surface area contributed by atoms with Gasteiger partial charge in [0.2, 0.25) is 11.9 Å². The first kappa shape index (κ1) is 29.4. The average Bonchev–Trinajstić information content (AvgIpc) is 3.89. The Morgan fingerprint density at radius 3 is 1.38 bits per heavy atom. The fraction of sp³-hybridized carbons (Fsp3) is 0. The van der Waals surface area contributed by atoms with Crippen molar-refractivity contribution >= 4 is 54.6 Å². The van der Waals surface area contributed by atoms with Crippen LogP contribution in [0.25, 0.3) is 95.0 Å². The summed E-state index contributed by atoms with van der Waals surface area (Å²) in [6.07, 6.45) is 0. The highest BCUT2D eigenvalue weighted by atomic mass is 15.3. The molecule has 4 aromatic heterocycles. The molecule has 7 heteroatoms. The fourth-order valence-corrected chi connectivity index (χ4v) is 7.95. The van der Waals surface area contributed by atoms with E-state index in [1.807, 2.05) is 6.07 Å².